The Morgan fingerprint density at radius 3 is 2.61 bits per heavy atom. The highest BCUT2D eigenvalue weighted by atomic mass is 16.5. The lowest BCUT2D eigenvalue weighted by Crippen LogP contribution is -2.22. The van der Waals surface area contributed by atoms with Gasteiger partial charge in [-0.25, -0.2) is 0 Å². The number of nitrogens with zero attached hydrogens (tertiary/aromatic N) is 1. The summed E-state index contributed by atoms with van der Waals surface area (Å²) < 4.78 is 11.0. The van der Waals surface area contributed by atoms with Crippen molar-refractivity contribution in [3.8, 4) is 5.75 Å². The van der Waals surface area contributed by atoms with Crippen molar-refractivity contribution in [2.45, 2.75) is 26.9 Å². The number of likely N-dealkylation sites (N-methyl/N-ethyl adjacent to an activating group) is 1. The number of hydrogen-bond donors (Lipinski definition) is 1. The summed E-state index contributed by atoms with van der Waals surface area (Å²) in [5, 5.41) is 0. The minimum atomic E-state index is 0.147. The van der Waals surface area contributed by atoms with Gasteiger partial charge < -0.3 is 20.1 Å². The Labute approximate surface area is 110 Å². The van der Waals surface area contributed by atoms with Gasteiger partial charge >= 0.3 is 0 Å². The smallest absolute Gasteiger partial charge is 0.123 e. The zero-order valence-electron chi connectivity index (χ0n) is 11.8. The fraction of sp³-hybridized carbons (Fsp3) is 0.571. The molecule has 18 heavy (non-hydrogen) atoms. The molecule has 0 radical (unpaired) electrons. The van der Waals surface area contributed by atoms with Crippen LogP contribution in [0.2, 0.25) is 0 Å². The van der Waals surface area contributed by atoms with Gasteiger partial charge in [0.05, 0.1) is 12.7 Å². The molecular formula is C14H24N2O2. The summed E-state index contributed by atoms with van der Waals surface area (Å²) >= 11 is 0. The number of benzene rings is 1. The van der Waals surface area contributed by atoms with Gasteiger partial charge in [0.1, 0.15) is 5.75 Å². The van der Waals surface area contributed by atoms with Crippen LogP contribution in [0.4, 0.5) is 11.4 Å². The Morgan fingerprint density at radius 1 is 1.28 bits per heavy atom. The molecule has 4 nitrogen and oxygen atoms in total. The van der Waals surface area contributed by atoms with Crippen molar-refractivity contribution in [1.82, 2.24) is 0 Å². The maximum Gasteiger partial charge on any atom is 0.123 e. The van der Waals surface area contributed by atoms with Gasteiger partial charge in [0.25, 0.3) is 0 Å². The predicted molar refractivity (Wildman–Crippen MR) is 76.4 cm³/mol. The fourth-order valence-corrected chi connectivity index (χ4v) is 1.64. The molecular weight excluding hydrogens is 228 g/mol. The van der Waals surface area contributed by atoms with Crippen molar-refractivity contribution < 1.29 is 9.47 Å². The quantitative estimate of drug-likeness (QED) is 0.598. The van der Waals surface area contributed by atoms with E-state index in [1.807, 2.05) is 46.0 Å². The van der Waals surface area contributed by atoms with E-state index in [0.29, 0.717) is 12.3 Å². The van der Waals surface area contributed by atoms with Gasteiger partial charge in [-0.1, -0.05) is 0 Å². The van der Waals surface area contributed by atoms with Crippen LogP contribution in [0.5, 0.6) is 5.75 Å². The standard InChI is InChI=1S/C14H24N2O2/c1-5-17-7-6-16(4)13-8-12(15)9-14(10-13)18-11(2)3/h8-11H,5-7,15H2,1-4H3. The van der Waals surface area contributed by atoms with Crippen LogP contribution in [-0.2, 0) is 4.74 Å². The third-order valence-electron chi connectivity index (χ3n) is 2.50. The summed E-state index contributed by atoms with van der Waals surface area (Å²) in [5.41, 5.74) is 7.65. The second-order valence-electron chi connectivity index (χ2n) is 4.55. The Hall–Kier alpha value is -1.42. The Bertz CT molecular complexity index is 367. The maximum atomic E-state index is 5.89. The monoisotopic (exact) mass is 252 g/mol. The third-order valence-corrected chi connectivity index (χ3v) is 2.50. The summed E-state index contributed by atoms with van der Waals surface area (Å²) in [6, 6.07) is 5.79. The average molecular weight is 252 g/mol. The molecule has 0 amide bonds. The molecule has 1 rings (SSSR count). The third kappa shape index (κ3) is 4.84. The van der Waals surface area contributed by atoms with Gasteiger partial charge in [0.15, 0.2) is 0 Å². The van der Waals surface area contributed by atoms with E-state index < -0.39 is 0 Å². The minimum absolute atomic E-state index is 0.147. The first-order chi connectivity index (χ1) is 8.52. The lowest BCUT2D eigenvalue weighted by molar-refractivity contribution is 0.154. The molecule has 0 atom stereocenters. The SMILES string of the molecule is CCOCCN(C)c1cc(N)cc(OC(C)C)c1. The molecule has 0 bridgehead atoms. The topological polar surface area (TPSA) is 47.7 Å². The first-order valence-electron chi connectivity index (χ1n) is 6.39. The van der Waals surface area contributed by atoms with Crippen LogP contribution in [0.1, 0.15) is 20.8 Å². The molecule has 0 saturated heterocycles. The second-order valence-corrected chi connectivity index (χ2v) is 4.55. The molecule has 0 spiro atoms. The number of ether oxygens (including phenoxy) is 2. The molecule has 2 N–H and O–H groups in total. The van der Waals surface area contributed by atoms with Crippen LogP contribution in [0.15, 0.2) is 18.2 Å². The number of rotatable bonds is 7. The van der Waals surface area contributed by atoms with Gasteiger partial charge in [-0.2, -0.15) is 0 Å². The number of nitrogen functional groups attached to an aromatic ring is 1. The minimum Gasteiger partial charge on any atom is -0.491 e. The predicted octanol–water partition coefficient (Wildman–Crippen LogP) is 2.53. The van der Waals surface area contributed by atoms with E-state index in [1.165, 1.54) is 0 Å². The van der Waals surface area contributed by atoms with Crippen molar-refractivity contribution in [2.75, 3.05) is 37.4 Å². The Morgan fingerprint density at radius 2 is 2.00 bits per heavy atom. The zero-order chi connectivity index (χ0) is 13.5. The first kappa shape index (κ1) is 14.6. The van der Waals surface area contributed by atoms with Crippen molar-refractivity contribution in [3.05, 3.63) is 18.2 Å². The molecule has 0 aliphatic rings. The lowest BCUT2D eigenvalue weighted by Gasteiger charge is -2.21. The number of anilines is 2. The Balaban J connectivity index is 2.71. The highest BCUT2D eigenvalue weighted by Crippen LogP contribution is 2.25. The van der Waals surface area contributed by atoms with Crippen LogP contribution in [0, 0.1) is 0 Å². The fourth-order valence-electron chi connectivity index (χ4n) is 1.64. The molecule has 102 valence electrons. The van der Waals surface area contributed by atoms with Gasteiger partial charge in [-0.15, -0.1) is 0 Å². The molecule has 0 aliphatic carbocycles. The van der Waals surface area contributed by atoms with E-state index in [2.05, 4.69) is 4.90 Å². The first-order valence-corrected chi connectivity index (χ1v) is 6.39. The average Bonchev–Trinajstić information content (AvgIpc) is 2.27. The van der Waals surface area contributed by atoms with Gasteiger partial charge in [0.2, 0.25) is 0 Å². The van der Waals surface area contributed by atoms with Crippen molar-refractivity contribution in [2.24, 2.45) is 0 Å². The molecule has 0 fully saturated rings. The normalized spacial score (nSPS) is 10.7. The van der Waals surface area contributed by atoms with E-state index in [0.717, 1.165) is 24.6 Å². The Kier molecular flexibility index (Phi) is 5.78. The van der Waals surface area contributed by atoms with Crippen LogP contribution in [0.3, 0.4) is 0 Å². The number of hydrogen-bond acceptors (Lipinski definition) is 4. The summed E-state index contributed by atoms with van der Waals surface area (Å²) in [7, 11) is 2.02. The maximum absolute atomic E-state index is 5.89. The van der Waals surface area contributed by atoms with Crippen LogP contribution >= 0.6 is 0 Å². The van der Waals surface area contributed by atoms with E-state index in [9.17, 15) is 0 Å². The second kappa shape index (κ2) is 7.11. The molecule has 0 saturated carbocycles. The highest BCUT2D eigenvalue weighted by Gasteiger charge is 2.06. The summed E-state index contributed by atoms with van der Waals surface area (Å²) in [6.45, 7) is 8.28. The molecule has 0 aliphatic heterocycles. The van der Waals surface area contributed by atoms with Gasteiger partial charge in [-0.3, -0.25) is 0 Å². The van der Waals surface area contributed by atoms with E-state index in [-0.39, 0.29) is 6.10 Å². The number of nitrogens with two attached hydrogens (primary N) is 1. The van der Waals surface area contributed by atoms with Crippen molar-refractivity contribution in [3.63, 3.8) is 0 Å². The van der Waals surface area contributed by atoms with Crippen LogP contribution in [-0.4, -0.2) is 32.9 Å². The van der Waals surface area contributed by atoms with E-state index >= 15 is 0 Å². The summed E-state index contributed by atoms with van der Waals surface area (Å²) in [5.74, 6) is 0.809. The molecule has 4 heteroatoms. The molecule has 0 heterocycles. The largest absolute Gasteiger partial charge is 0.491 e. The highest BCUT2D eigenvalue weighted by molar-refractivity contribution is 5.60. The van der Waals surface area contributed by atoms with Gasteiger partial charge in [-0.05, 0) is 26.8 Å². The summed E-state index contributed by atoms with van der Waals surface area (Å²) in [6.07, 6.45) is 0.147. The van der Waals surface area contributed by atoms with Crippen LogP contribution < -0.4 is 15.4 Å². The lowest BCUT2D eigenvalue weighted by atomic mass is 10.2. The molecule has 1 aromatic rings. The molecule has 0 aromatic heterocycles. The molecule has 1 aromatic carbocycles. The van der Waals surface area contributed by atoms with Crippen LogP contribution in [0.25, 0.3) is 0 Å². The van der Waals surface area contributed by atoms with E-state index in [4.69, 9.17) is 15.2 Å². The van der Waals surface area contributed by atoms with Crippen molar-refractivity contribution >= 4 is 11.4 Å². The van der Waals surface area contributed by atoms with Crippen molar-refractivity contribution in [1.29, 1.82) is 0 Å². The van der Waals surface area contributed by atoms with E-state index in [1.54, 1.807) is 0 Å². The summed E-state index contributed by atoms with van der Waals surface area (Å²) in [4.78, 5) is 2.11. The molecule has 0 unspecified atom stereocenters. The van der Waals surface area contributed by atoms with Gasteiger partial charge in [0, 0.05) is 43.7 Å². The zero-order valence-corrected chi connectivity index (χ0v) is 11.8.